The minimum absolute atomic E-state index is 0.103. The van der Waals surface area contributed by atoms with Crippen LogP contribution < -0.4 is 4.72 Å². The fraction of sp³-hybridized carbons (Fsp3) is 0.375. The van der Waals surface area contributed by atoms with Crippen molar-refractivity contribution in [2.45, 2.75) is 24.1 Å². The van der Waals surface area contributed by atoms with Crippen molar-refractivity contribution in [1.29, 1.82) is 0 Å². The Bertz CT molecular complexity index is 713. The molecule has 1 heterocycles. The van der Waals surface area contributed by atoms with E-state index in [2.05, 4.69) is 23.5 Å². The number of nitrogens with zero attached hydrogens (tertiary/aromatic N) is 1. The van der Waals surface area contributed by atoms with Crippen LogP contribution in [-0.4, -0.2) is 33.0 Å². The topological polar surface area (TPSA) is 49.4 Å². The Morgan fingerprint density at radius 1 is 1.17 bits per heavy atom. The maximum absolute atomic E-state index is 12.4. The molecule has 1 aromatic carbocycles. The quantitative estimate of drug-likeness (QED) is 0.767. The number of hydrogen-bond acceptors (Lipinski definition) is 4. The van der Waals surface area contributed by atoms with Gasteiger partial charge >= 0.3 is 0 Å². The molecule has 4 nitrogen and oxygen atoms in total. The Labute approximate surface area is 147 Å². The van der Waals surface area contributed by atoms with Gasteiger partial charge < -0.3 is 0 Å². The second-order valence-corrected chi connectivity index (χ2v) is 8.39. The molecule has 0 radical (unpaired) electrons. The second-order valence-electron chi connectivity index (χ2n) is 5.04. The highest BCUT2D eigenvalue weighted by Gasteiger charge is 2.23. The van der Waals surface area contributed by atoms with E-state index < -0.39 is 10.0 Å². The SMILES string of the molecule is CCN(CC)[C@@H](CNS(=O)(=O)c1cccs1)c1ccccc1Cl. The zero-order valence-electron chi connectivity index (χ0n) is 13.2. The number of halogens is 1. The molecule has 1 N–H and O–H groups in total. The predicted octanol–water partition coefficient (Wildman–Crippen LogP) is 3.76. The van der Waals surface area contributed by atoms with Gasteiger partial charge in [-0.25, -0.2) is 13.1 Å². The van der Waals surface area contributed by atoms with Gasteiger partial charge in [0, 0.05) is 17.6 Å². The van der Waals surface area contributed by atoms with E-state index in [4.69, 9.17) is 11.6 Å². The molecule has 7 heteroatoms. The number of rotatable bonds is 8. The van der Waals surface area contributed by atoms with Crippen LogP contribution in [0.4, 0.5) is 0 Å². The monoisotopic (exact) mass is 372 g/mol. The summed E-state index contributed by atoms with van der Waals surface area (Å²) in [7, 11) is -3.48. The summed E-state index contributed by atoms with van der Waals surface area (Å²) in [6, 6.07) is 10.8. The molecule has 23 heavy (non-hydrogen) atoms. The lowest BCUT2D eigenvalue weighted by molar-refractivity contribution is 0.220. The fourth-order valence-corrected chi connectivity index (χ4v) is 4.86. The normalized spacial score (nSPS) is 13.4. The van der Waals surface area contributed by atoms with Gasteiger partial charge in [0.25, 0.3) is 0 Å². The first-order chi connectivity index (χ1) is 11.0. The molecule has 2 rings (SSSR count). The van der Waals surface area contributed by atoms with Crippen LogP contribution in [0.3, 0.4) is 0 Å². The Balaban J connectivity index is 2.24. The smallest absolute Gasteiger partial charge is 0.250 e. The molecule has 0 aliphatic carbocycles. The first kappa shape index (κ1) is 18.4. The van der Waals surface area contributed by atoms with Crippen LogP contribution in [0.25, 0.3) is 0 Å². The Morgan fingerprint density at radius 3 is 2.43 bits per heavy atom. The van der Waals surface area contributed by atoms with Crippen molar-refractivity contribution in [3.05, 3.63) is 52.4 Å². The molecule has 0 aliphatic heterocycles. The summed E-state index contributed by atoms with van der Waals surface area (Å²) in [5, 5.41) is 2.41. The van der Waals surface area contributed by atoms with Gasteiger partial charge in [0.05, 0.1) is 0 Å². The average Bonchev–Trinajstić information content (AvgIpc) is 3.08. The van der Waals surface area contributed by atoms with Gasteiger partial charge in [-0.3, -0.25) is 4.90 Å². The van der Waals surface area contributed by atoms with Crippen molar-refractivity contribution in [1.82, 2.24) is 9.62 Å². The molecule has 0 amide bonds. The molecular weight excluding hydrogens is 352 g/mol. The van der Waals surface area contributed by atoms with Crippen LogP contribution in [0.1, 0.15) is 25.5 Å². The maximum Gasteiger partial charge on any atom is 0.250 e. The molecule has 126 valence electrons. The second kappa shape index (κ2) is 8.26. The molecule has 0 saturated heterocycles. The van der Waals surface area contributed by atoms with E-state index in [0.29, 0.717) is 9.23 Å². The van der Waals surface area contributed by atoms with Gasteiger partial charge in [0.2, 0.25) is 10.0 Å². The molecule has 0 unspecified atom stereocenters. The Hall–Kier alpha value is -0.920. The summed E-state index contributed by atoms with van der Waals surface area (Å²) >= 11 is 7.53. The van der Waals surface area contributed by atoms with Crippen molar-refractivity contribution in [2.75, 3.05) is 19.6 Å². The zero-order chi connectivity index (χ0) is 16.9. The van der Waals surface area contributed by atoms with Gasteiger partial charge in [-0.2, -0.15) is 0 Å². The third kappa shape index (κ3) is 4.55. The van der Waals surface area contributed by atoms with E-state index in [-0.39, 0.29) is 12.6 Å². The number of thiophene rings is 1. The van der Waals surface area contributed by atoms with Crippen molar-refractivity contribution >= 4 is 33.0 Å². The van der Waals surface area contributed by atoms with Gasteiger partial charge in [0.15, 0.2) is 0 Å². The van der Waals surface area contributed by atoms with E-state index in [0.717, 1.165) is 18.7 Å². The number of hydrogen-bond donors (Lipinski definition) is 1. The maximum atomic E-state index is 12.4. The molecule has 0 fully saturated rings. The third-order valence-electron chi connectivity index (χ3n) is 3.74. The first-order valence-corrected chi connectivity index (χ1v) is 10.2. The largest absolute Gasteiger partial charge is 0.296 e. The molecule has 0 spiro atoms. The van der Waals surface area contributed by atoms with E-state index in [9.17, 15) is 8.42 Å². The van der Waals surface area contributed by atoms with Gasteiger partial charge in [-0.05, 0) is 36.2 Å². The number of likely N-dealkylation sites (N-methyl/N-ethyl adjacent to an activating group) is 1. The zero-order valence-corrected chi connectivity index (χ0v) is 15.6. The highest BCUT2D eigenvalue weighted by molar-refractivity contribution is 7.91. The van der Waals surface area contributed by atoms with Crippen LogP contribution in [0, 0.1) is 0 Å². The molecular formula is C16H21ClN2O2S2. The van der Waals surface area contributed by atoms with E-state index in [1.54, 1.807) is 17.5 Å². The third-order valence-corrected chi connectivity index (χ3v) is 6.91. The molecule has 2 aromatic rings. The molecule has 1 aromatic heterocycles. The summed E-state index contributed by atoms with van der Waals surface area (Å²) in [6.45, 7) is 6.02. The minimum Gasteiger partial charge on any atom is -0.296 e. The Morgan fingerprint density at radius 2 is 1.87 bits per heavy atom. The molecule has 1 atom stereocenters. The average molecular weight is 373 g/mol. The standard InChI is InChI=1S/C16H21ClN2O2S2/c1-3-19(4-2)15(13-8-5-6-9-14(13)17)12-18-23(20,21)16-10-7-11-22-16/h5-11,15,18H,3-4,12H2,1-2H3/t15-/m0/s1. The molecule has 0 bridgehead atoms. The van der Waals surface area contributed by atoms with Crippen LogP contribution in [0.5, 0.6) is 0 Å². The fourth-order valence-electron chi connectivity index (χ4n) is 2.52. The van der Waals surface area contributed by atoms with Crippen molar-refractivity contribution < 1.29 is 8.42 Å². The summed E-state index contributed by atoms with van der Waals surface area (Å²) in [5.74, 6) is 0. The number of nitrogens with one attached hydrogen (secondary N) is 1. The Kier molecular flexibility index (Phi) is 6.61. The van der Waals surface area contributed by atoms with Gasteiger partial charge in [-0.15, -0.1) is 11.3 Å². The molecule has 0 aliphatic rings. The van der Waals surface area contributed by atoms with Crippen molar-refractivity contribution in [3.8, 4) is 0 Å². The number of benzene rings is 1. The minimum atomic E-state index is -3.48. The highest BCUT2D eigenvalue weighted by Crippen LogP contribution is 2.27. The van der Waals surface area contributed by atoms with Crippen LogP contribution >= 0.6 is 22.9 Å². The van der Waals surface area contributed by atoms with E-state index >= 15 is 0 Å². The van der Waals surface area contributed by atoms with E-state index in [1.165, 1.54) is 11.3 Å². The molecule has 0 saturated carbocycles. The highest BCUT2D eigenvalue weighted by atomic mass is 35.5. The van der Waals surface area contributed by atoms with E-state index in [1.807, 2.05) is 24.3 Å². The lowest BCUT2D eigenvalue weighted by Gasteiger charge is -2.30. The summed E-state index contributed by atoms with van der Waals surface area (Å²) in [4.78, 5) is 2.19. The van der Waals surface area contributed by atoms with Gasteiger partial charge in [-0.1, -0.05) is 49.7 Å². The summed E-state index contributed by atoms with van der Waals surface area (Å²) < 4.78 is 27.8. The van der Waals surface area contributed by atoms with Crippen molar-refractivity contribution in [2.24, 2.45) is 0 Å². The van der Waals surface area contributed by atoms with Crippen molar-refractivity contribution in [3.63, 3.8) is 0 Å². The van der Waals surface area contributed by atoms with Crippen LogP contribution in [-0.2, 0) is 10.0 Å². The predicted molar refractivity (Wildman–Crippen MR) is 96.6 cm³/mol. The lowest BCUT2D eigenvalue weighted by Crippen LogP contribution is -2.38. The summed E-state index contributed by atoms with van der Waals surface area (Å²) in [5.41, 5.74) is 0.937. The van der Waals surface area contributed by atoms with Gasteiger partial charge in [0.1, 0.15) is 4.21 Å². The lowest BCUT2D eigenvalue weighted by atomic mass is 10.1. The summed E-state index contributed by atoms with van der Waals surface area (Å²) in [6.07, 6.45) is 0. The van der Waals surface area contributed by atoms with Crippen LogP contribution in [0.15, 0.2) is 46.0 Å². The van der Waals surface area contributed by atoms with Crippen LogP contribution in [0.2, 0.25) is 5.02 Å². The first-order valence-electron chi connectivity index (χ1n) is 7.51. The number of sulfonamides is 1.